The van der Waals surface area contributed by atoms with Gasteiger partial charge in [-0.2, -0.15) is 0 Å². The second-order valence-corrected chi connectivity index (χ2v) is 3.22. The van der Waals surface area contributed by atoms with Gasteiger partial charge in [0.15, 0.2) is 5.34 Å². The standard InChI is InChI=1S/C7H9NO2S/c1-6-2-4-7(5-3-6)11-10-8-9/h2,4H,3,5H2,1H3. The molecule has 1 aliphatic rings. The fourth-order valence-electron chi connectivity index (χ4n) is 0.855. The summed E-state index contributed by atoms with van der Waals surface area (Å²) in [5.74, 6) is 0. The summed E-state index contributed by atoms with van der Waals surface area (Å²) >= 11 is 1.04. The fourth-order valence-corrected chi connectivity index (χ4v) is 1.29. The van der Waals surface area contributed by atoms with E-state index in [1.54, 1.807) is 0 Å². The van der Waals surface area contributed by atoms with E-state index in [-0.39, 0.29) is 0 Å². The predicted molar refractivity (Wildman–Crippen MR) is 45.5 cm³/mol. The molecular weight excluding hydrogens is 162 g/mol. The lowest BCUT2D eigenvalue weighted by atomic mass is 10.1. The van der Waals surface area contributed by atoms with E-state index in [0.717, 1.165) is 29.8 Å². The van der Waals surface area contributed by atoms with Crippen LogP contribution in [0.25, 0.3) is 0 Å². The Kier molecular flexibility index (Phi) is 3.16. The van der Waals surface area contributed by atoms with Crippen molar-refractivity contribution in [2.24, 2.45) is 5.34 Å². The fraction of sp³-hybridized carbons (Fsp3) is 0.429. The molecule has 0 radical (unpaired) electrons. The highest BCUT2D eigenvalue weighted by Gasteiger charge is 2.04. The van der Waals surface area contributed by atoms with Crippen LogP contribution < -0.4 is 0 Å². The Morgan fingerprint density at radius 3 is 2.91 bits per heavy atom. The van der Waals surface area contributed by atoms with Crippen molar-refractivity contribution in [2.75, 3.05) is 0 Å². The van der Waals surface area contributed by atoms with Crippen molar-refractivity contribution in [1.29, 1.82) is 0 Å². The van der Waals surface area contributed by atoms with Crippen LogP contribution in [0.4, 0.5) is 0 Å². The van der Waals surface area contributed by atoms with E-state index in [9.17, 15) is 4.91 Å². The molecule has 0 N–H and O–H groups in total. The summed E-state index contributed by atoms with van der Waals surface area (Å²) in [6.07, 6.45) is 5.97. The van der Waals surface area contributed by atoms with E-state index in [2.05, 4.69) is 16.5 Å². The van der Waals surface area contributed by atoms with Gasteiger partial charge in [-0.05, 0) is 25.8 Å². The Bertz CT molecular complexity index is 210. The molecule has 60 valence electrons. The van der Waals surface area contributed by atoms with Crippen LogP contribution in [-0.2, 0) is 4.28 Å². The van der Waals surface area contributed by atoms with E-state index < -0.39 is 0 Å². The number of rotatable bonds is 3. The van der Waals surface area contributed by atoms with E-state index in [1.165, 1.54) is 5.57 Å². The lowest BCUT2D eigenvalue weighted by molar-refractivity contribution is 0.400. The van der Waals surface area contributed by atoms with Crippen LogP contribution in [-0.4, -0.2) is 0 Å². The molecule has 0 aromatic rings. The molecule has 11 heavy (non-hydrogen) atoms. The largest absolute Gasteiger partial charge is 0.283 e. The summed E-state index contributed by atoms with van der Waals surface area (Å²) in [5.41, 5.74) is 1.36. The third-order valence-corrected chi connectivity index (χ3v) is 2.18. The molecule has 0 fully saturated rings. The molecule has 0 atom stereocenters. The monoisotopic (exact) mass is 171 g/mol. The molecule has 0 aromatic heterocycles. The molecule has 0 bridgehead atoms. The summed E-state index contributed by atoms with van der Waals surface area (Å²) in [7, 11) is 0. The summed E-state index contributed by atoms with van der Waals surface area (Å²) in [5, 5.41) is 2.30. The number of allylic oxidation sites excluding steroid dienone is 4. The molecule has 0 heterocycles. The summed E-state index contributed by atoms with van der Waals surface area (Å²) in [6, 6.07) is 0. The predicted octanol–water partition coefficient (Wildman–Crippen LogP) is 2.96. The van der Waals surface area contributed by atoms with Gasteiger partial charge in [0.05, 0.1) is 0 Å². The minimum atomic E-state index is 0.947. The first-order valence-electron chi connectivity index (χ1n) is 3.35. The normalized spacial score (nSPS) is 16.8. The van der Waals surface area contributed by atoms with Gasteiger partial charge in [0.1, 0.15) is 12.0 Å². The van der Waals surface area contributed by atoms with Gasteiger partial charge in [0.25, 0.3) is 0 Å². The molecule has 0 amide bonds. The summed E-state index contributed by atoms with van der Waals surface area (Å²) in [6.45, 7) is 2.08. The second kappa shape index (κ2) is 4.18. The topological polar surface area (TPSA) is 38.7 Å². The molecule has 0 aromatic carbocycles. The lowest BCUT2D eigenvalue weighted by Gasteiger charge is -2.07. The Hall–Kier alpha value is -0.770. The molecule has 1 aliphatic carbocycles. The van der Waals surface area contributed by atoms with Gasteiger partial charge in [0.2, 0.25) is 0 Å². The van der Waals surface area contributed by atoms with Gasteiger partial charge in [-0.3, -0.25) is 4.28 Å². The highest BCUT2D eigenvalue weighted by Crippen LogP contribution is 2.27. The molecule has 0 aliphatic heterocycles. The van der Waals surface area contributed by atoms with Crippen LogP contribution in [0.3, 0.4) is 0 Å². The quantitative estimate of drug-likeness (QED) is 0.372. The van der Waals surface area contributed by atoms with Crippen molar-refractivity contribution in [1.82, 2.24) is 0 Å². The van der Waals surface area contributed by atoms with Crippen LogP contribution in [0.1, 0.15) is 19.8 Å². The highest BCUT2D eigenvalue weighted by molar-refractivity contribution is 7.98. The molecule has 3 nitrogen and oxygen atoms in total. The van der Waals surface area contributed by atoms with Crippen LogP contribution in [0.2, 0.25) is 0 Å². The maximum Gasteiger partial charge on any atom is 0.168 e. The van der Waals surface area contributed by atoms with Gasteiger partial charge in [0, 0.05) is 4.91 Å². The highest BCUT2D eigenvalue weighted by atomic mass is 32.2. The van der Waals surface area contributed by atoms with E-state index in [1.807, 2.05) is 12.2 Å². The molecule has 1 rings (SSSR count). The van der Waals surface area contributed by atoms with Gasteiger partial charge in [-0.1, -0.05) is 11.6 Å². The zero-order valence-electron chi connectivity index (χ0n) is 6.24. The Morgan fingerprint density at radius 1 is 1.55 bits per heavy atom. The van der Waals surface area contributed by atoms with Crippen molar-refractivity contribution in [3.8, 4) is 0 Å². The Morgan fingerprint density at radius 2 is 2.36 bits per heavy atom. The van der Waals surface area contributed by atoms with Crippen molar-refractivity contribution < 1.29 is 4.28 Å². The van der Waals surface area contributed by atoms with Gasteiger partial charge < -0.3 is 0 Å². The summed E-state index contributed by atoms with van der Waals surface area (Å²) < 4.78 is 4.30. The first kappa shape index (κ1) is 8.33. The van der Waals surface area contributed by atoms with E-state index in [4.69, 9.17) is 0 Å². The molecule has 4 heteroatoms. The van der Waals surface area contributed by atoms with E-state index >= 15 is 0 Å². The maximum absolute atomic E-state index is 9.58. The molecule has 0 saturated heterocycles. The molecule has 0 unspecified atom stereocenters. The molecule has 0 spiro atoms. The number of nitrogens with zero attached hydrogens (tertiary/aromatic N) is 1. The van der Waals surface area contributed by atoms with Crippen LogP contribution in [0.15, 0.2) is 28.0 Å². The van der Waals surface area contributed by atoms with E-state index in [0.29, 0.717) is 0 Å². The van der Waals surface area contributed by atoms with Gasteiger partial charge >= 0.3 is 0 Å². The van der Waals surface area contributed by atoms with Crippen molar-refractivity contribution in [2.45, 2.75) is 19.8 Å². The minimum absolute atomic E-state index is 0.947. The second-order valence-electron chi connectivity index (χ2n) is 2.38. The van der Waals surface area contributed by atoms with Crippen molar-refractivity contribution in [3.05, 3.63) is 27.5 Å². The van der Waals surface area contributed by atoms with Crippen LogP contribution in [0.5, 0.6) is 0 Å². The maximum atomic E-state index is 9.58. The average molecular weight is 171 g/mol. The molecule has 0 saturated carbocycles. The minimum Gasteiger partial charge on any atom is -0.283 e. The third kappa shape index (κ3) is 2.76. The Balaban J connectivity index is 2.41. The Labute approximate surface area is 69.6 Å². The third-order valence-electron chi connectivity index (χ3n) is 1.49. The summed E-state index contributed by atoms with van der Waals surface area (Å²) in [4.78, 5) is 10.6. The molecular formula is C7H9NO2S. The van der Waals surface area contributed by atoms with Gasteiger partial charge in [-0.25, -0.2) is 0 Å². The zero-order chi connectivity index (χ0) is 8.10. The first-order valence-corrected chi connectivity index (χ1v) is 4.10. The lowest BCUT2D eigenvalue weighted by Crippen LogP contribution is -1.87. The SMILES string of the molecule is CC1=CC=C(SON=O)CC1. The van der Waals surface area contributed by atoms with Crippen molar-refractivity contribution >= 4 is 12.0 Å². The number of hydrogen-bond acceptors (Lipinski definition) is 4. The smallest absolute Gasteiger partial charge is 0.168 e. The van der Waals surface area contributed by atoms with Crippen LogP contribution in [0, 0.1) is 4.91 Å². The van der Waals surface area contributed by atoms with Crippen LogP contribution >= 0.6 is 12.0 Å². The van der Waals surface area contributed by atoms with Gasteiger partial charge in [-0.15, -0.1) is 4.91 Å². The number of hydrogen-bond donors (Lipinski definition) is 0. The first-order chi connectivity index (χ1) is 5.33. The van der Waals surface area contributed by atoms with Crippen molar-refractivity contribution in [3.63, 3.8) is 0 Å². The zero-order valence-corrected chi connectivity index (χ0v) is 7.06. The average Bonchev–Trinajstić information content (AvgIpc) is 2.04.